The predicted molar refractivity (Wildman–Crippen MR) is 106 cm³/mol. The second-order valence-corrected chi connectivity index (χ2v) is 7.75. The van der Waals surface area contributed by atoms with E-state index in [0.29, 0.717) is 11.6 Å². The molecule has 0 radical (unpaired) electrons. The molecule has 8 heteroatoms. The van der Waals surface area contributed by atoms with Gasteiger partial charge in [-0.05, 0) is 25.0 Å². The van der Waals surface area contributed by atoms with E-state index in [1.165, 1.54) is 32.1 Å². The summed E-state index contributed by atoms with van der Waals surface area (Å²) in [5.41, 5.74) is 2.33. The minimum atomic E-state index is -0.193. The molecule has 0 bridgehead atoms. The number of imidazole rings is 1. The molecule has 0 aliphatic heterocycles. The second kappa shape index (κ2) is 8.06. The number of amides is 1. The van der Waals surface area contributed by atoms with Gasteiger partial charge in [-0.3, -0.25) is 4.79 Å². The highest BCUT2D eigenvalue weighted by atomic mass is 32.1. The van der Waals surface area contributed by atoms with Crippen LogP contribution in [0.25, 0.3) is 16.2 Å². The Kier molecular flexibility index (Phi) is 5.35. The number of hydrogen-bond donors (Lipinski definition) is 3. The van der Waals surface area contributed by atoms with Crippen molar-refractivity contribution in [3.63, 3.8) is 0 Å². The van der Waals surface area contributed by atoms with Gasteiger partial charge in [0.05, 0.1) is 18.5 Å². The number of rotatable bonds is 6. The van der Waals surface area contributed by atoms with E-state index in [0.717, 1.165) is 21.3 Å². The lowest BCUT2D eigenvalue weighted by molar-refractivity contribution is 0.0945. The number of carbonyl (C=O) groups excluding carboxylic acids is 1. The maximum Gasteiger partial charge on any atom is 0.251 e. The van der Waals surface area contributed by atoms with Gasteiger partial charge in [0.15, 0.2) is 0 Å². The van der Waals surface area contributed by atoms with Crippen LogP contribution in [-0.2, 0) is 0 Å². The molecule has 2 heterocycles. The average molecular weight is 385 g/mol. The fourth-order valence-corrected chi connectivity index (χ4v) is 4.24. The lowest BCUT2D eigenvalue weighted by Crippen LogP contribution is -2.26. The van der Waals surface area contributed by atoms with Crippen molar-refractivity contribution in [1.82, 2.24) is 19.9 Å². The average Bonchev–Trinajstić information content (AvgIpc) is 3.25. The Morgan fingerprint density at radius 3 is 2.70 bits per heavy atom. The summed E-state index contributed by atoms with van der Waals surface area (Å²) in [5.74, 6) is -0.193. The first-order valence-corrected chi connectivity index (χ1v) is 10.2. The van der Waals surface area contributed by atoms with Gasteiger partial charge < -0.3 is 15.7 Å². The molecule has 0 unspecified atom stereocenters. The van der Waals surface area contributed by atoms with Gasteiger partial charge in [0, 0.05) is 23.7 Å². The summed E-state index contributed by atoms with van der Waals surface area (Å²) >= 11 is 1.57. The summed E-state index contributed by atoms with van der Waals surface area (Å²) in [5, 5.41) is 20.5. The van der Waals surface area contributed by atoms with E-state index >= 15 is 0 Å². The molecule has 0 atom stereocenters. The molecule has 3 aromatic rings. The number of carbonyl (C=O) groups is 1. The zero-order valence-corrected chi connectivity index (χ0v) is 15.8. The third-order valence-corrected chi connectivity index (χ3v) is 5.67. The van der Waals surface area contributed by atoms with Crippen LogP contribution in [0.4, 0.5) is 5.13 Å². The van der Waals surface area contributed by atoms with Gasteiger partial charge in [0.2, 0.25) is 10.1 Å². The molecule has 2 aromatic heterocycles. The van der Waals surface area contributed by atoms with E-state index in [2.05, 4.69) is 20.7 Å². The molecule has 1 aliphatic carbocycles. The molecular formula is C19H23N5O2S. The van der Waals surface area contributed by atoms with Crippen LogP contribution in [0.1, 0.15) is 42.5 Å². The monoisotopic (exact) mass is 385 g/mol. The number of nitrogens with one attached hydrogen (secondary N) is 2. The maximum absolute atomic E-state index is 11.9. The van der Waals surface area contributed by atoms with E-state index in [9.17, 15) is 4.79 Å². The number of aliphatic hydroxyl groups is 1. The van der Waals surface area contributed by atoms with Gasteiger partial charge in [-0.25, -0.2) is 9.50 Å². The summed E-state index contributed by atoms with van der Waals surface area (Å²) in [6.07, 6.45) is 8.26. The molecule has 7 nitrogen and oxygen atoms in total. The Morgan fingerprint density at radius 2 is 2.00 bits per heavy atom. The number of benzene rings is 1. The lowest BCUT2D eigenvalue weighted by atomic mass is 9.96. The summed E-state index contributed by atoms with van der Waals surface area (Å²) in [6.45, 7) is 0.181. The molecule has 4 rings (SSSR count). The van der Waals surface area contributed by atoms with Crippen molar-refractivity contribution in [3.8, 4) is 11.3 Å². The first-order valence-electron chi connectivity index (χ1n) is 9.35. The molecule has 142 valence electrons. The van der Waals surface area contributed by atoms with E-state index in [-0.39, 0.29) is 19.1 Å². The Morgan fingerprint density at radius 1 is 1.22 bits per heavy atom. The highest BCUT2D eigenvalue weighted by Gasteiger charge is 2.16. The van der Waals surface area contributed by atoms with Crippen molar-refractivity contribution in [3.05, 3.63) is 36.0 Å². The minimum Gasteiger partial charge on any atom is -0.395 e. The molecule has 3 N–H and O–H groups in total. The highest BCUT2D eigenvalue weighted by Crippen LogP contribution is 2.27. The normalized spacial score (nSPS) is 15.1. The van der Waals surface area contributed by atoms with Crippen LogP contribution < -0.4 is 10.6 Å². The quantitative estimate of drug-likeness (QED) is 0.607. The summed E-state index contributed by atoms with van der Waals surface area (Å²) in [6, 6.07) is 7.81. The van der Waals surface area contributed by atoms with Crippen molar-refractivity contribution in [2.24, 2.45) is 0 Å². The molecular weight excluding hydrogens is 362 g/mol. The molecule has 1 fully saturated rings. The SMILES string of the molecule is O=C(NCCO)c1ccc(-c2cn3nc(NC4CCCCC4)sc3n2)cc1. The van der Waals surface area contributed by atoms with Crippen LogP contribution in [0, 0.1) is 0 Å². The number of hydrogen-bond acceptors (Lipinski definition) is 6. The smallest absolute Gasteiger partial charge is 0.251 e. The summed E-state index contributed by atoms with van der Waals surface area (Å²) in [7, 11) is 0. The number of fused-ring (bicyclic) bond motifs is 1. The summed E-state index contributed by atoms with van der Waals surface area (Å²) in [4.78, 5) is 17.4. The zero-order valence-electron chi connectivity index (χ0n) is 15.0. The third-order valence-electron chi connectivity index (χ3n) is 4.82. The topological polar surface area (TPSA) is 91.5 Å². The summed E-state index contributed by atoms with van der Waals surface area (Å²) < 4.78 is 1.81. The van der Waals surface area contributed by atoms with Crippen LogP contribution in [0.15, 0.2) is 30.5 Å². The molecule has 1 saturated carbocycles. The fourth-order valence-electron chi connectivity index (χ4n) is 3.38. The number of anilines is 1. The molecule has 1 aliphatic rings. The van der Waals surface area contributed by atoms with Crippen LogP contribution in [0.5, 0.6) is 0 Å². The van der Waals surface area contributed by atoms with Crippen molar-refractivity contribution < 1.29 is 9.90 Å². The largest absolute Gasteiger partial charge is 0.395 e. The lowest BCUT2D eigenvalue weighted by Gasteiger charge is -2.21. The molecule has 1 amide bonds. The second-order valence-electron chi connectivity index (χ2n) is 6.80. The van der Waals surface area contributed by atoms with E-state index in [1.54, 1.807) is 23.5 Å². The van der Waals surface area contributed by atoms with Gasteiger partial charge in [-0.1, -0.05) is 42.7 Å². The van der Waals surface area contributed by atoms with Crippen molar-refractivity contribution >= 4 is 27.3 Å². The fraction of sp³-hybridized carbons (Fsp3) is 0.421. The highest BCUT2D eigenvalue weighted by molar-refractivity contribution is 7.20. The van der Waals surface area contributed by atoms with Crippen molar-refractivity contribution in [1.29, 1.82) is 0 Å². The number of aliphatic hydroxyl groups excluding tert-OH is 1. The van der Waals surface area contributed by atoms with Gasteiger partial charge in [-0.2, -0.15) is 0 Å². The molecule has 0 spiro atoms. The standard InChI is InChI=1S/C19H23N5O2S/c25-11-10-20-17(26)14-8-6-13(7-9-14)16-12-24-19(22-16)27-18(23-24)21-15-4-2-1-3-5-15/h6-9,12,15,25H,1-5,10-11H2,(H,20,26)(H,21,23). The minimum absolute atomic E-state index is 0.0696. The molecule has 1 aromatic carbocycles. The maximum atomic E-state index is 11.9. The van der Waals surface area contributed by atoms with Crippen LogP contribution in [0.3, 0.4) is 0 Å². The Balaban J connectivity index is 1.46. The van der Waals surface area contributed by atoms with Crippen LogP contribution in [0.2, 0.25) is 0 Å². The van der Waals surface area contributed by atoms with Gasteiger partial charge in [-0.15, -0.1) is 5.10 Å². The van der Waals surface area contributed by atoms with E-state index in [4.69, 9.17) is 5.11 Å². The third kappa shape index (κ3) is 4.12. The van der Waals surface area contributed by atoms with Gasteiger partial charge >= 0.3 is 0 Å². The van der Waals surface area contributed by atoms with Gasteiger partial charge in [0.1, 0.15) is 0 Å². The Hall–Kier alpha value is -2.45. The first kappa shape index (κ1) is 17.9. The van der Waals surface area contributed by atoms with Crippen LogP contribution in [-0.4, -0.2) is 44.8 Å². The van der Waals surface area contributed by atoms with Crippen molar-refractivity contribution in [2.75, 3.05) is 18.5 Å². The molecule has 0 saturated heterocycles. The zero-order chi connectivity index (χ0) is 18.6. The Bertz CT molecular complexity index is 880. The van der Waals surface area contributed by atoms with E-state index < -0.39 is 0 Å². The Labute approximate surface area is 161 Å². The first-order chi connectivity index (χ1) is 13.2. The predicted octanol–water partition coefficient (Wildman–Crippen LogP) is 2.92. The van der Waals surface area contributed by atoms with Crippen molar-refractivity contribution in [2.45, 2.75) is 38.1 Å². The number of aromatic nitrogens is 3. The number of nitrogens with zero attached hydrogens (tertiary/aromatic N) is 3. The molecule has 27 heavy (non-hydrogen) atoms. The van der Waals surface area contributed by atoms with Crippen LogP contribution >= 0.6 is 11.3 Å². The van der Waals surface area contributed by atoms with E-state index in [1.807, 2.05) is 22.8 Å². The van der Waals surface area contributed by atoms with Gasteiger partial charge in [0.25, 0.3) is 5.91 Å².